The summed E-state index contributed by atoms with van der Waals surface area (Å²) < 4.78 is 32.6. The van der Waals surface area contributed by atoms with Gasteiger partial charge in [-0.3, -0.25) is 4.79 Å². The molecule has 0 unspecified atom stereocenters. The molecule has 1 saturated carbocycles. The van der Waals surface area contributed by atoms with Crippen LogP contribution in [-0.2, 0) is 26.1 Å². The minimum Gasteiger partial charge on any atom is -0.376 e. The van der Waals surface area contributed by atoms with E-state index in [4.69, 9.17) is 4.74 Å². The fourth-order valence-corrected chi connectivity index (χ4v) is 3.99. The third-order valence-electron chi connectivity index (χ3n) is 4.33. The van der Waals surface area contributed by atoms with Crippen molar-refractivity contribution in [3.63, 3.8) is 0 Å². The highest BCUT2D eigenvalue weighted by Gasteiger charge is 2.55. The molecule has 3 rings (SSSR count). The molecular weight excluding hydrogens is 324 g/mol. The van der Waals surface area contributed by atoms with E-state index in [0.717, 1.165) is 12.7 Å². The van der Waals surface area contributed by atoms with E-state index in [1.165, 1.54) is 0 Å². The molecule has 2 aliphatic rings. The summed E-state index contributed by atoms with van der Waals surface area (Å²) in [4.78, 5) is 12.1. The van der Waals surface area contributed by atoms with Crippen molar-refractivity contribution in [2.24, 2.45) is 5.92 Å². The van der Waals surface area contributed by atoms with Gasteiger partial charge in [-0.1, -0.05) is 0 Å². The molecule has 1 amide bonds. The molecule has 4 atom stereocenters. The van der Waals surface area contributed by atoms with Gasteiger partial charge in [0, 0.05) is 18.9 Å². The lowest BCUT2D eigenvalue weighted by molar-refractivity contribution is -0.125. The van der Waals surface area contributed by atoms with Crippen LogP contribution in [0.5, 0.6) is 0 Å². The zero-order chi connectivity index (χ0) is 16.6. The minimum absolute atomic E-state index is 0.156. The molecular formula is C12H20N6O4S. The van der Waals surface area contributed by atoms with Crippen LogP contribution in [0.4, 0.5) is 0 Å². The Morgan fingerprint density at radius 1 is 1.43 bits per heavy atom. The lowest BCUT2D eigenvalue weighted by atomic mass is 9.72. The van der Waals surface area contributed by atoms with Crippen LogP contribution in [0.3, 0.4) is 0 Å². The van der Waals surface area contributed by atoms with Gasteiger partial charge in [-0.25, -0.2) is 17.8 Å². The Kier molecular flexibility index (Phi) is 4.34. The highest BCUT2D eigenvalue weighted by molar-refractivity contribution is 7.88. The van der Waals surface area contributed by atoms with Crippen LogP contribution < -0.4 is 10.0 Å². The molecule has 10 nitrogen and oxygen atoms in total. The maximum atomic E-state index is 12.1. The first-order chi connectivity index (χ1) is 10.8. The van der Waals surface area contributed by atoms with Crippen molar-refractivity contribution in [3.05, 3.63) is 5.82 Å². The van der Waals surface area contributed by atoms with Crippen LogP contribution in [0.2, 0.25) is 0 Å². The van der Waals surface area contributed by atoms with Crippen LogP contribution in [0, 0.1) is 12.8 Å². The maximum Gasteiger partial charge on any atom is 0.222 e. The Morgan fingerprint density at radius 3 is 2.87 bits per heavy atom. The number of hydrogen-bond donors (Lipinski definition) is 2. The van der Waals surface area contributed by atoms with E-state index in [0.29, 0.717) is 19.0 Å². The quantitative estimate of drug-likeness (QED) is 0.622. The van der Waals surface area contributed by atoms with Crippen LogP contribution >= 0.6 is 0 Å². The summed E-state index contributed by atoms with van der Waals surface area (Å²) in [5, 5.41) is 14.0. The van der Waals surface area contributed by atoms with Gasteiger partial charge in [0.15, 0.2) is 0 Å². The molecule has 0 radical (unpaired) electrons. The Hall–Kier alpha value is -1.59. The first-order valence-electron chi connectivity index (χ1n) is 7.46. The molecule has 0 aromatic carbocycles. The second-order valence-corrected chi connectivity index (χ2v) is 7.78. The number of nitrogens with zero attached hydrogens (tertiary/aromatic N) is 4. The van der Waals surface area contributed by atoms with Gasteiger partial charge >= 0.3 is 0 Å². The van der Waals surface area contributed by atoms with Crippen molar-refractivity contribution in [1.29, 1.82) is 0 Å². The normalized spacial score (nSPS) is 29.8. The summed E-state index contributed by atoms with van der Waals surface area (Å²) in [6, 6.07) is -0.643. The number of carbonyl (C=O) groups is 1. The monoisotopic (exact) mass is 344 g/mol. The minimum atomic E-state index is -3.36. The molecule has 1 aromatic heterocycles. The molecule has 23 heavy (non-hydrogen) atoms. The fraction of sp³-hybridized carbons (Fsp3) is 0.833. The summed E-state index contributed by atoms with van der Waals surface area (Å²) in [7, 11) is -3.36. The third kappa shape index (κ3) is 3.51. The van der Waals surface area contributed by atoms with Crippen molar-refractivity contribution < 1.29 is 17.9 Å². The Labute approximate surface area is 134 Å². The van der Waals surface area contributed by atoms with Crippen molar-refractivity contribution in [2.75, 3.05) is 12.9 Å². The number of fused-ring (bicyclic) bond motifs is 1. The lowest BCUT2D eigenvalue weighted by Crippen LogP contribution is -2.70. The van der Waals surface area contributed by atoms with Crippen molar-refractivity contribution >= 4 is 15.9 Å². The molecule has 1 saturated heterocycles. The van der Waals surface area contributed by atoms with Gasteiger partial charge in [-0.15, -0.1) is 5.10 Å². The van der Waals surface area contributed by atoms with E-state index in [1.54, 1.807) is 11.6 Å². The average Bonchev–Trinajstić information content (AvgIpc) is 3.06. The number of nitrogens with one attached hydrogen (secondary N) is 2. The zero-order valence-corrected chi connectivity index (χ0v) is 13.8. The van der Waals surface area contributed by atoms with E-state index >= 15 is 0 Å². The first-order valence-corrected chi connectivity index (χ1v) is 9.35. The molecule has 2 N–H and O–H groups in total. The first kappa shape index (κ1) is 16.3. The second-order valence-electron chi connectivity index (χ2n) is 6.00. The molecule has 2 fully saturated rings. The highest BCUT2D eigenvalue weighted by Crippen LogP contribution is 2.39. The molecule has 0 spiro atoms. The molecule has 1 aliphatic heterocycles. The van der Waals surface area contributed by atoms with E-state index in [1.807, 2.05) is 0 Å². The van der Waals surface area contributed by atoms with Crippen LogP contribution in [0.15, 0.2) is 0 Å². The third-order valence-corrected chi connectivity index (χ3v) is 5.03. The Bertz CT molecular complexity index is 689. The average molecular weight is 344 g/mol. The van der Waals surface area contributed by atoms with Crippen LogP contribution in [0.25, 0.3) is 0 Å². The number of aromatic nitrogens is 4. The van der Waals surface area contributed by atoms with E-state index in [9.17, 15) is 13.2 Å². The van der Waals surface area contributed by atoms with Crippen LogP contribution in [0.1, 0.15) is 18.7 Å². The van der Waals surface area contributed by atoms with Crippen molar-refractivity contribution in [2.45, 2.75) is 44.5 Å². The molecule has 11 heteroatoms. The summed E-state index contributed by atoms with van der Waals surface area (Å²) in [6.07, 6.45) is 2.00. The number of rotatable bonds is 6. The van der Waals surface area contributed by atoms with Gasteiger partial charge in [0.05, 0.1) is 31.0 Å². The summed E-state index contributed by atoms with van der Waals surface area (Å²) in [5.74, 6) is 0.644. The molecule has 128 valence electrons. The summed E-state index contributed by atoms with van der Waals surface area (Å²) in [5.41, 5.74) is 0. The van der Waals surface area contributed by atoms with Gasteiger partial charge in [0.2, 0.25) is 15.9 Å². The van der Waals surface area contributed by atoms with Crippen molar-refractivity contribution in [3.8, 4) is 0 Å². The predicted octanol–water partition coefficient (Wildman–Crippen LogP) is -1.81. The Morgan fingerprint density at radius 2 is 2.22 bits per heavy atom. The van der Waals surface area contributed by atoms with Gasteiger partial charge in [0.25, 0.3) is 0 Å². The standard InChI is InChI=1S/C12H20N6O4S/c1-7-14-16-17-18(7)5-3-9(19)13-10-8-4-6-22-12(8)11(10)15-23(2,20)21/h8,10-12,15H,3-6H2,1-2H3,(H,13,19)/t8-,10+,11-,12-/m1/s1. The molecule has 1 aromatic rings. The largest absolute Gasteiger partial charge is 0.376 e. The van der Waals surface area contributed by atoms with Crippen LogP contribution in [-0.4, -0.2) is 65.6 Å². The lowest BCUT2D eigenvalue weighted by Gasteiger charge is -2.47. The number of ether oxygens (including phenoxy) is 1. The molecule has 0 bridgehead atoms. The topological polar surface area (TPSA) is 128 Å². The number of carbonyl (C=O) groups excluding carboxylic acids is 1. The highest BCUT2D eigenvalue weighted by atomic mass is 32.2. The van der Waals surface area contributed by atoms with Gasteiger partial charge in [0.1, 0.15) is 5.82 Å². The van der Waals surface area contributed by atoms with Gasteiger partial charge < -0.3 is 10.1 Å². The fourth-order valence-electron chi connectivity index (χ4n) is 3.21. The summed E-state index contributed by atoms with van der Waals surface area (Å²) >= 11 is 0. The Balaban J connectivity index is 1.57. The number of tetrazole rings is 1. The molecule has 2 heterocycles. The van der Waals surface area contributed by atoms with E-state index in [-0.39, 0.29) is 30.4 Å². The predicted molar refractivity (Wildman–Crippen MR) is 78.7 cm³/mol. The van der Waals surface area contributed by atoms with Gasteiger partial charge in [-0.05, 0) is 23.8 Å². The summed E-state index contributed by atoms with van der Waals surface area (Å²) in [6.45, 7) is 2.73. The number of hydrogen-bond acceptors (Lipinski definition) is 7. The van der Waals surface area contributed by atoms with Gasteiger partial charge in [-0.2, -0.15) is 0 Å². The van der Waals surface area contributed by atoms with Crippen molar-refractivity contribution in [1.82, 2.24) is 30.2 Å². The molecule has 1 aliphatic carbocycles. The number of aryl methyl sites for hydroxylation is 2. The second kappa shape index (κ2) is 6.13. The SMILES string of the molecule is Cc1nnnn1CCC(=O)N[C@H]1[C@H]2CCO[C@H]2[C@@H]1NS(C)(=O)=O. The number of sulfonamides is 1. The van der Waals surface area contributed by atoms with E-state index in [2.05, 4.69) is 25.6 Å². The maximum absolute atomic E-state index is 12.1. The zero-order valence-electron chi connectivity index (χ0n) is 13.0. The smallest absolute Gasteiger partial charge is 0.222 e. The number of amides is 1. The van der Waals surface area contributed by atoms with E-state index < -0.39 is 16.1 Å².